The lowest BCUT2D eigenvalue weighted by molar-refractivity contribution is 0.778. The van der Waals surface area contributed by atoms with Gasteiger partial charge in [0.05, 0.1) is 11.9 Å². The van der Waals surface area contributed by atoms with E-state index in [0.717, 1.165) is 11.3 Å². The van der Waals surface area contributed by atoms with Crippen molar-refractivity contribution in [1.29, 1.82) is 0 Å². The standard InChI is InChI=1S/C15H17ClN2/c1-12(2)14(9-16)8-13-10-17-18(11-13)15-6-4-3-5-7-15/h3-8,10-12H,9H2,1-2H3. The molecule has 94 valence electrons. The van der Waals surface area contributed by atoms with Crippen molar-refractivity contribution in [2.24, 2.45) is 5.92 Å². The van der Waals surface area contributed by atoms with E-state index >= 15 is 0 Å². The largest absolute Gasteiger partial charge is 0.240 e. The summed E-state index contributed by atoms with van der Waals surface area (Å²) in [4.78, 5) is 0. The van der Waals surface area contributed by atoms with Gasteiger partial charge in [-0.1, -0.05) is 43.7 Å². The van der Waals surface area contributed by atoms with Crippen LogP contribution in [0.4, 0.5) is 0 Å². The Labute approximate surface area is 113 Å². The maximum atomic E-state index is 5.94. The molecule has 0 radical (unpaired) electrons. The Morgan fingerprint density at radius 2 is 2.06 bits per heavy atom. The number of para-hydroxylation sites is 1. The first-order chi connectivity index (χ1) is 8.70. The van der Waals surface area contributed by atoms with Gasteiger partial charge in [0, 0.05) is 17.6 Å². The number of aromatic nitrogens is 2. The first-order valence-corrected chi connectivity index (χ1v) is 6.60. The SMILES string of the molecule is CC(C)C(=Cc1cnn(-c2ccccc2)c1)CCl. The summed E-state index contributed by atoms with van der Waals surface area (Å²) in [7, 11) is 0. The van der Waals surface area contributed by atoms with Crippen LogP contribution in [0.1, 0.15) is 19.4 Å². The van der Waals surface area contributed by atoms with Gasteiger partial charge in [0.1, 0.15) is 0 Å². The summed E-state index contributed by atoms with van der Waals surface area (Å²) in [5, 5.41) is 4.36. The van der Waals surface area contributed by atoms with Crippen LogP contribution >= 0.6 is 11.6 Å². The highest BCUT2D eigenvalue weighted by molar-refractivity contribution is 6.19. The zero-order valence-electron chi connectivity index (χ0n) is 10.7. The Hall–Kier alpha value is -1.54. The molecule has 2 nitrogen and oxygen atoms in total. The quantitative estimate of drug-likeness (QED) is 0.755. The summed E-state index contributed by atoms with van der Waals surface area (Å²) in [5.74, 6) is 1.02. The Bertz CT molecular complexity index is 526. The van der Waals surface area contributed by atoms with Crippen LogP contribution in [0.2, 0.25) is 0 Å². The van der Waals surface area contributed by atoms with E-state index in [1.165, 1.54) is 5.57 Å². The molecule has 1 aromatic carbocycles. The second-order valence-electron chi connectivity index (χ2n) is 4.56. The van der Waals surface area contributed by atoms with E-state index in [1.807, 2.05) is 47.4 Å². The van der Waals surface area contributed by atoms with Gasteiger partial charge in [0.15, 0.2) is 0 Å². The molecule has 0 saturated heterocycles. The van der Waals surface area contributed by atoms with Gasteiger partial charge >= 0.3 is 0 Å². The highest BCUT2D eigenvalue weighted by Gasteiger charge is 2.04. The van der Waals surface area contributed by atoms with Gasteiger partial charge in [-0.2, -0.15) is 5.10 Å². The number of benzene rings is 1. The Kier molecular flexibility index (Phi) is 4.21. The molecule has 2 aromatic rings. The van der Waals surface area contributed by atoms with Crippen LogP contribution < -0.4 is 0 Å². The highest BCUT2D eigenvalue weighted by Crippen LogP contribution is 2.16. The van der Waals surface area contributed by atoms with Gasteiger partial charge in [0.25, 0.3) is 0 Å². The van der Waals surface area contributed by atoms with Crippen molar-refractivity contribution < 1.29 is 0 Å². The number of nitrogens with zero attached hydrogens (tertiary/aromatic N) is 2. The molecule has 0 aliphatic heterocycles. The van der Waals surface area contributed by atoms with Crippen LogP contribution in [0.25, 0.3) is 11.8 Å². The average Bonchev–Trinajstić information content (AvgIpc) is 2.85. The fourth-order valence-electron chi connectivity index (χ4n) is 1.71. The number of hydrogen-bond acceptors (Lipinski definition) is 1. The molecule has 0 aliphatic rings. The predicted octanol–water partition coefficient (Wildman–Crippen LogP) is 4.15. The van der Waals surface area contributed by atoms with Crippen LogP contribution in [-0.2, 0) is 0 Å². The fraction of sp³-hybridized carbons (Fsp3) is 0.267. The Morgan fingerprint density at radius 1 is 1.33 bits per heavy atom. The van der Waals surface area contributed by atoms with E-state index in [1.54, 1.807) is 0 Å². The van der Waals surface area contributed by atoms with Gasteiger partial charge in [-0.15, -0.1) is 11.6 Å². The smallest absolute Gasteiger partial charge is 0.0645 e. The predicted molar refractivity (Wildman–Crippen MR) is 77.1 cm³/mol. The van der Waals surface area contributed by atoms with Gasteiger partial charge in [-0.05, 0) is 18.1 Å². The lowest BCUT2D eigenvalue weighted by Gasteiger charge is -2.06. The molecule has 0 amide bonds. The summed E-state index contributed by atoms with van der Waals surface area (Å²) in [6, 6.07) is 10.1. The van der Waals surface area contributed by atoms with Crippen molar-refractivity contribution in [3.63, 3.8) is 0 Å². The number of rotatable bonds is 4. The summed E-state index contributed by atoms with van der Waals surface area (Å²) in [6.45, 7) is 4.30. The van der Waals surface area contributed by atoms with Gasteiger partial charge in [-0.25, -0.2) is 4.68 Å². The van der Waals surface area contributed by atoms with E-state index in [9.17, 15) is 0 Å². The summed E-state index contributed by atoms with van der Waals surface area (Å²) in [6.07, 6.45) is 6.00. The summed E-state index contributed by atoms with van der Waals surface area (Å²) >= 11 is 5.94. The summed E-state index contributed by atoms with van der Waals surface area (Å²) in [5.41, 5.74) is 3.38. The van der Waals surface area contributed by atoms with Crippen LogP contribution in [0.5, 0.6) is 0 Å². The van der Waals surface area contributed by atoms with Crippen molar-refractivity contribution in [3.05, 3.63) is 53.9 Å². The molecule has 0 unspecified atom stereocenters. The molecular weight excluding hydrogens is 244 g/mol. The van der Waals surface area contributed by atoms with Crippen LogP contribution in [0.3, 0.4) is 0 Å². The van der Waals surface area contributed by atoms with E-state index in [2.05, 4.69) is 25.0 Å². The van der Waals surface area contributed by atoms with Crippen molar-refractivity contribution >= 4 is 17.7 Å². The molecule has 0 N–H and O–H groups in total. The second kappa shape index (κ2) is 5.87. The van der Waals surface area contributed by atoms with E-state index in [-0.39, 0.29) is 0 Å². The number of hydrogen-bond donors (Lipinski definition) is 0. The van der Waals surface area contributed by atoms with Gasteiger partial charge in [0.2, 0.25) is 0 Å². The zero-order valence-corrected chi connectivity index (χ0v) is 11.4. The third-order valence-corrected chi connectivity index (χ3v) is 3.18. The topological polar surface area (TPSA) is 17.8 Å². The van der Waals surface area contributed by atoms with Crippen LogP contribution in [-0.4, -0.2) is 15.7 Å². The molecule has 1 heterocycles. The van der Waals surface area contributed by atoms with Crippen LogP contribution in [0, 0.1) is 5.92 Å². The zero-order chi connectivity index (χ0) is 13.0. The molecule has 3 heteroatoms. The molecule has 0 spiro atoms. The molecule has 0 aliphatic carbocycles. The van der Waals surface area contributed by atoms with Gasteiger partial charge in [-0.3, -0.25) is 0 Å². The van der Waals surface area contributed by atoms with Gasteiger partial charge < -0.3 is 0 Å². The lowest BCUT2D eigenvalue weighted by Crippen LogP contribution is -1.95. The number of allylic oxidation sites excluding steroid dienone is 1. The van der Waals surface area contributed by atoms with Crippen molar-refractivity contribution in [1.82, 2.24) is 9.78 Å². The number of alkyl halides is 1. The maximum Gasteiger partial charge on any atom is 0.0645 e. The van der Waals surface area contributed by atoms with Crippen molar-refractivity contribution in [3.8, 4) is 5.69 Å². The van der Waals surface area contributed by atoms with E-state index in [4.69, 9.17) is 11.6 Å². The Morgan fingerprint density at radius 3 is 2.67 bits per heavy atom. The van der Waals surface area contributed by atoms with Crippen LogP contribution in [0.15, 0.2) is 48.3 Å². The fourth-order valence-corrected chi connectivity index (χ4v) is 2.09. The molecule has 18 heavy (non-hydrogen) atoms. The third kappa shape index (κ3) is 3.02. The van der Waals surface area contributed by atoms with Crippen molar-refractivity contribution in [2.45, 2.75) is 13.8 Å². The van der Waals surface area contributed by atoms with E-state index in [0.29, 0.717) is 11.8 Å². The third-order valence-electron chi connectivity index (χ3n) is 2.87. The average molecular weight is 261 g/mol. The lowest BCUT2D eigenvalue weighted by atomic mass is 10.0. The molecule has 0 fully saturated rings. The molecule has 0 saturated carbocycles. The molecule has 0 atom stereocenters. The first kappa shape index (κ1) is 12.9. The highest BCUT2D eigenvalue weighted by atomic mass is 35.5. The monoisotopic (exact) mass is 260 g/mol. The van der Waals surface area contributed by atoms with Crippen molar-refractivity contribution in [2.75, 3.05) is 5.88 Å². The molecule has 0 bridgehead atoms. The minimum Gasteiger partial charge on any atom is -0.240 e. The maximum absolute atomic E-state index is 5.94. The molecular formula is C15H17ClN2. The minimum atomic E-state index is 0.461. The molecule has 1 aromatic heterocycles. The first-order valence-electron chi connectivity index (χ1n) is 6.07. The normalized spacial score (nSPS) is 12.1. The van der Waals surface area contributed by atoms with E-state index < -0.39 is 0 Å². The number of halogens is 1. The Balaban J connectivity index is 2.26. The second-order valence-corrected chi connectivity index (χ2v) is 4.83. The minimum absolute atomic E-state index is 0.461. The summed E-state index contributed by atoms with van der Waals surface area (Å²) < 4.78 is 1.87. The molecule has 2 rings (SSSR count).